The van der Waals surface area contributed by atoms with Gasteiger partial charge in [0.1, 0.15) is 0 Å². The lowest BCUT2D eigenvalue weighted by atomic mass is 9.80. The van der Waals surface area contributed by atoms with Crippen LogP contribution in [0.3, 0.4) is 0 Å². The highest BCUT2D eigenvalue weighted by Gasteiger charge is 2.37. The van der Waals surface area contributed by atoms with Crippen molar-refractivity contribution >= 4 is 17.9 Å². The van der Waals surface area contributed by atoms with Crippen molar-refractivity contribution in [3.63, 3.8) is 0 Å². The number of rotatable bonds is 6. The van der Waals surface area contributed by atoms with Crippen LogP contribution in [-0.2, 0) is 9.59 Å². The molecule has 1 saturated heterocycles. The van der Waals surface area contributed by atoms with E-state index in [1.165, 1.54) is 0 Å². The molecule has 0 unspecified atom stereocenters. The number of carboxylic acids is 1. The van der Waals surface area contributed by atoms with Crippen molar-refractivity contribution in [2.75, 3.05) is 19.6 Å². The molecule has 0 bridgehead atoms. The van der Waals surface area contributed by atoms with E-state index in [4.69, 9.17) is 10.8 Å². The summed E-state index contributed by atoms with van der Waals surface area (Å²) in [4.78, 5) is 35.1. The van der Waals surface area contributed by atoms with Crippen LogP contribution in [0.4, 0.5) is 4.79 Å². The summed E-state index contributed by atoms with van der Waals surface area (Å²) >= 11 is 0. The second-order valence-electron chi connectivity index (χ2n) is 5.51. The fourth-order valence-electron chi connectivity index (χ4n) is 2.15. The van der Waals surface area contributed by atoms with E-state index in [-0.39, 0.29) is 11.9 Å². The predicted octanol–water partition coefficient (Wildman–Crippen LogP) is 0.538. The van der Waals surface area contributed by atoms with E-state index in [1.807, 2.05) is 0 Å². The van der Waals surface area contributed by atoms with E-state index in [2.05, 4.69) is 5.32 Å². The van der Waals surface area contributed by atoms with Crippen LogP contribution in [0, 0.1) is 5.41 Å². The SMILES string of the molecule is CC1(C(=O)O)CCN(C(=O)NCCCCC(N)=O)CC1. The Morgan fingerprint density at radius 1 is 1.25 bits per heavy atom. The van der Waals surface area contributed by atoms with Crippen LogP contribution in [0.15, 0.2) is 0 Å². The molecule has 0 atom stereocenters. The average Bonchev–Trinajstić information content (AvgIpc) is 2.38. The zero-order chi connectivity index (χ0) is 15.2. The van der Waals surface area contributed by atoms with Gasteiger partial charge in [-0.2, -0.15) is 0 Å². The van der Waals surface area contributed by atoms with E-state index < -0.39 is 11.4 Å². The molecule has 0 aromatic rings. The number of piperidine rings is 1. The standard InChI is InChI=1S/C13H23N3O4/c1-13(11(18)19)5-8-16(9-6-13)12(20)15-7-3-2-4-10(14)17/h2-9H2,1H3,(H2,14,17)(H,15,20)(H,18,19). The number of primary amides is 1. The Labute approximate surface area is 118 Å². The molecule has 4 N–H and O–H groups in total. The second kappa shape index (κ2) is 7.12. The number of hydrogen-bond donors (Lipinski definition) is 3. The van der Waals surface area contributed by atoms with Gasteiger partial charge in [-0.3, -0.25) is 9.59 Å². The monoisotopic (exact) mass is 285 g/mol. The molecule has 1 rings (SSSR count). The van der Waals surface area contributed by atoms with E-state index in [0.717, 1.165) is 0 Å². The van der Waals surface area contributed by atoms with E-state index >= 15 is 0 Å². The van der Waals surface area contributed by atoms with Crippen molar-refractivity contribution < 1.29 is 19.5 Å². The van der Waals surface area contributed by atoms with Gasteiger partial charge in [-0.1, -0.05) is 0 Å². The fourth-order valence-corrected chi connectivity index (χ4v) is 2.15. The molecule has 0 radical (unpaired) electrons. The van der Waals surface area contributed by atoms with Crippen LogP contribution in [0.1, 0.15) is 39.0 Å². The third kappa shape index (κ3) is 4.71. The summed E-state index contributed by atoms with van der Waals surface area (Å²) < 4.78 is 0. The normalized spacial score (nSPS) is 17.6. The quantitative estimate of drug-likeness (QED) is 0.618. The first-order chi connectivity index (χ1) is 9.35. The molecule has 1 aliphatic heterocycles. The number of likely N-dealkylation sites (tertiary alicyclic amines) is 1. The maximum Gasteiger partial charge on any atom is 0.317 e. The molecule has 1 fully saturated rings. The molecule has 0 aliphatic carbocycles. The van der Waals surface area contributed by atoms with Gasteiger partial charge < -0.3 is 21.1 Å². The Bertz CT molecular complexity index is 376. The van der Waals surface area contributed by atoms with Crippen molar-refractivity contribution in [1.29, 1.82) is 0 Å². The Hall–Kier alpha value is -1.79. The number of unbranched alkanes of at least 4 members (excludes halogenated alkanes) is 1. The number of urea groups is 1. The first-order valence-electron chi connectivity index (χ1n) is 6.89. The summed E-state index contributed by atoms with van der Waals surface area (Å²) in [5.41, 5.74) is 4.29. The highest BCUT2D eigenvalue weighted by Crippen LogP contribution is 2.30. The molecule has 0 saturated carbocycles. The first-order valence-corrected chi connectivity index (χ1v) is 6.89. The topological polar surface area (TPSA) is 113 Å². The van der Waals surface area contributed by atoms with Crippen LogP contribution >= 0.6 is 0 Å². The van der Waals surface area contributed by atoms with Gasteiger partial charge >= 0.3 is 12.0 Å². The van der Waals surface area contributed by atoms with Crippen LogP contribution < -0.4 is 11.1 Å². The van der Waals surface area contributed by atoms with Crippen LogP contribution in [0.2, 0.25) is 0 Å². The van der Waals surface area contributed by atoms with Gasteiger partial charge in [0.2, 0.25) is 5.91 Å². The molecule has 0 aromatic heterocycles. The van der Waals surface area contributed by atoms with E-state index in [9.17, 15) is 14.4 Å². The smallest absolute Gasteiger partial charge is 0.317 e. The van der Waals surface area contributed by atoms with Crippen molar-refractivity contribution in [2.45, 2.75) is 39.0 Å². The third-order valence-electron chi connectivity index (χ3n) is 3.80. The second-order valence-corrected chi connectivity index (χ2v) is 5.51. The lowest BCUT2D eigenvalue weighted by Gasteiger charge is -2.36. The van der Waals surface area contributed by atoms with Crippen LogP contribution in [0.5, 0.6) is 0 Å². The van der Waals surface area contributed by atoms with Crippen molar-refractivity contribution in [1.82, 2.24) is 10.2 Å². The molecule has 3 amide bonds. The highest BCUT2D eigenvalue weighted by atomic mass is 16.4. The summed E-state index contributed by atoms with van der Waals surface area (Å²) in [5.74, 6) is -1.13. The molecule has 0 spiro atoms. The minimum absolute atomic E-state index is 0.170. The van der Waals surface area contributed by atoms with Crippen LogP contribution in [0.25, 0.3) is 0 Å². The fraction of sp³-hybridized carbons (Fsp3) is 0.769. The number of amides is 3. The third-order valence-corrected chi connectivity index (χ3v) is 3.80. The molecule has 0 aromatic carbocycles. The van der Waals surface area contributed by atoms with Gasteiger partial charge in [0.25, 0.3) is 0 Å². The summed E-state index contributed by atoms with van der Waals surface area (Å²) in [6.45, 7) is 3.12. The maximum atomic E-state index is 11.9. The van der Waals surface area contributed by atoms with Crippen molar-refractivity contribution in [2.24, 2.45) is 11.1 Å². The molecule has 1 heterocycles. The Morgan fingerprint density at radius 3 is 2.35 bits per heavy atom. The average molecular weight is 285 g/mol. The molecule has 1 aliphatic rings. The van der Waals surface area contributed by atoms with Crippen molar-refractivity contribution in [3.8, 4) is 0 Å². The molecule has 7 heteroatoms. The Morgan fingerprint density at radius 2 is 1.85 bits per heavy atom. The number of nitrogens with zero attached hydrogens (tertiary/aromatic N) is 1. The molecular weight excluding hydrogens is 262 g/mol. The van der Waals surface area contributed by atoms with E-state index in [1.54, 1.807) is 11.8 Å². The number of aliphatic carboxylic acids is 1. The van der Waals surface area contributed by atoms with Crippen molar-refractivity contribution in [3.05, 3.63) is 0 Å². The Balaban J connectivity index is 2.23. The van der Waals surface area contributed by atoms with Gasteiger partial charge in [-0.05, 0) is 32.6 Å². The molecule has 20 heavy (non-hydrogen) atoms. The summed E-state index contributed by atoms with van der Waals surface area (Å²) in [7, 11) is 0. The molecular formula is C13H23N3O4. The van der Waals surface area contributed by atoms with Crippen LogP contribution in [-0.4, -0.2) is 47.5 Å². The summed E-state index contributed by atoms with van der Waals surface area (Å²) in [6, 6.07) is -0.170. The lowest BCUT2D eigenvalue weighted by molar-refractivity contribution is -0.150. The Kier molecular flexibility index (Phi) is 5.79. The summed E-state index contributed by atoms with van der Waals surface area (Å²) in [6.07, 6.45) is 2.63. The van der Waals surface area contributed by atoms with Gasteiger partial charge in [0.15, 0.2) is 0 Å². The zero-order valence-electron chi connectivity index (χ0n) is 11.9. The minimum Gasteiger partial charge on any atom is -0.481 e. The number of carbonyl (C=O) groups excluding carboxylic acids is 2. The minimum atomic E-state index is -0.802. The number of nitrogens with two attached hydrogens (primary N) is 1. The number of carboxylic acid groups (broad SMARTS) is 1. The first kappa shape index (κ1) is 16.3. The highest BCUT2D eigenvalue weighted by molar-refractivity contribution is 5.77. The molecule has 7 nitrogen and oxygen atoms in total. The number of hydrogen-bond acceptors (Lipinski definition) is 3. The summed E-state index contributed by atoms with van der Waals surface area (Å²) in [5, 5.41) is 11.9. The van der Waals surface area contributed by atoms with Gasteiger partial charge in [-0.15, -0.1) is 0 Å². The van der Waals surface area contributed by atoms with Gasteiger partial charge in [0.05, 0.1) is 5.41 Å². The number of nitrogens with one attached hydrogen (secondary N) is 1. The largest absolute Gasteiger partial charge is 0.481 e. The van der Waals surface area contributed by atoms with E-state index in [0.29, 0.717) is 51.7 Å². The maximum absolute atomic E-state index is 11.9. The number of carbonyl (C=O) groups is 3. The molecule has 114 valence electrons. The zero-order valence-corrected chi connectivity index (χ0v) is 11.9. The lowest BCUT2D eigenvalue weighted by Crippen LogP contribution is -2.48. The predicted molar refractivity (Wildman–Crippen MR) is 73.0 cm³/mol. The van der Waals surface area contributed by atoms with Gasteiger partial charge in [0, 0.05) is 26.1 Å². The van der Waals surface area contributed by atoms with Gasteiger partial charge in [-0.25, -0.2) is 4.79 Å².